The number of aromatic nitrogens is 4. The minimum Gasteiger partial charge on any atom is -0.363 e. The predicted molar refractivity (Wildman–Crippen MR) is 120 cm³/mol. The minimum atomic E-state index is -4.27. The standard InChI is InChI=1S/C22H24F5N7/c1-3-13(2)31-16-5-4-15(32-19(16)28-11-18(23)24)14-6-9-34-17(14)10-29-20(33-34)30-12-21(7-8-21)22(25,26)27/h4-6,9-10,18H,3,7-8,11-12H2,1-2H3,(H,28,32)(H,30,33). The lowest BCUT2D eigenvalue weighted by Gasteiger charge is -2.19. The maximum absolute atomic E-state index is 13.1. The van der Waals surface area contributed by atoms with Gasteiger partial charge in [0.1, 0.15) is 5.69 Å². The molecule has 3 heterocycles. The van der Waals surface area contributed by atoms with Crippen LogP contribution in [0.15, 0.2) is 35.6 Å². The summed E-state index contributed by atoms with van der Waals surface area (Å²) in [7, 11) is 0. The molecule has 0 amide bonds. The first kappa shape index (κ1) is 23.8. The van der Waals surface area contributed by atoms with E-state index in [1.165, 1.54) is 10.7 Å². The molecule has 2 N–H and O–H groups in total. The van der Waals surface area contributed by atoms with Gasteiger partial charge in [0, 0.05) is 24.0 Å². The zero-order chi connectivity index (χ0) is 24.5. The maximum atomic E-state index is 13.1. The van der Waals surface area contributed by atoms with E-state index in [-0.39, 0.29) is 31.2 Å². The Kier molecular flexibility index (Phi) is 6.41. The second kappa shape index (κ2) is 9.15. The van der Waals surface area contributed by atoms with Gasteiger partial charge in [-0.3, -0.25) is 4.99 Å². The lowest BCUT2D eigenvalue weighted by atomic mass is 10.1. The summed E-state index contributed by atoms with van der Waals surface area (Å²) in [5, 5.41) is 9.58. The van der Waals surface area contributed by atoms with E-state index in [1.54, 1.807) is 24.4 Å². The van der Waals surface area contributed by atoms with Gasteiger partial charge in [0.05, 0.1) is 29.4 Å². The summed E-state index contributed by atoms with van der Waals surface area (Å²) in [4.78, 5) is 13.1. The van der Waals surface area contributed by atoms with Crippen molar-refractivity contribution in [1.82, 2.24) is 19.6 Å². The molecule has 34 heavy (non-hydrogen) atoms. The van der Waals surface area contributed by atoms with Crippen LogP contribution in [0.1, 0.15) is 33.1 Å². The molecular formula is C22H24F5N7. The third kappa shape index (κ3) is 4.95. The van der Waals surface area contributed by atoms with Crippen LogP contribution in [0.3, 0.4) is 0 Å². The fourth-order valence-electron chi connectivity index (χ4n) is 3.44. The van der Waals surface area contributed by atoms with Gasteiger partial charge in [-0.2, -0.15) is 13.2 Å². The second-order valence-electron chi connectivity index (χ2n) is 8.31. The molecule has 0 saturated heterocycles. The Balaban J connectivity index is 1.60. The number of aliphatic imine (C=N–C) groups is 1. The van der Waals surface area contributed by atoms with Crippen molar-refractivity contribution in [3.63, 3.8) is 0 Å². The number of rotatable bonds is 9. The van der Waals surface area contributed by atoms with Crippen molar-refractivity contribution in [2.45, 2.75) is 45.7 Å². The molecule has 1 aliphatic rings. The largest absolute Gasteiger partial charge is 0.396 e. The first-order valence-electron chi connectivity index (χ1n) is 10.8. The molecule has 4 rings (SSSR count). The lowest BCUT2D eigenvalue weighted by molar-refractivity contribution is -0.182. The molecule has 0 bridgehead atoms. The summed E-state index contributed by atoms with van der Waals surface area (Å²) >= 11 is 0. The summed E-state index contributed by atoms with van der Waals surface area (Å²) in [6, 6.07) is 5.14. The van der Waals surface area contributed by atoms with E-state index < -0.39 is 24.6 Å². The van der Waals surface area contributed by atoms with E-state index in [9.17, 15) is 22.0 Å². The zero-order valence-electron chi connectivity index (χ0n) is 18.6. The van der Waals surface area contributed by atoms with Crippen molar-refractivity contribution < 1.29 is 22.0 Å². The van der Waals surface area contributed by atoms with E-state index in [0.29, 0.717) is 28.9 Å². The first-order valence-corrected chi connectivity index (χ1v) is 10.8. The lowest BCUT2D eigenvalue weighted by Crippen LogP contribution is -2.32. The van der Waals surface area contributed by atoms with E-state index in [0.717, 1.165) is 5.71 Å². The van der Waals surface area contributed by atoms with Crippen molar-refractivity contribution in [3.8, 4) is 11.3 Å². The number of pyridine rings is 1. The Bertz CT molecular complexity index is 1200. The molecule has 182 valence electrons. The molecule has 0 aromatic carbocycles. The third-order valence-electron chi connectivity index (χ3n) is 5.85. The van der Waals surface area contributed by atoms with E-state index in [2.05, 4.69) is 30.7 Å². The Morgan fingerprint density at radius 1 is 1.21 bits per heavy atom. The van der Waals surface area contributed by atoms with Crippen LogP contribution in [-0.2, 0) is 0 Å². The van der Waals surface area contributed by atoms with Crippen LogP contribution < -0.4 is 10.6 Å². The molecule has 0 unspecified atom stereocenters. The average molecular weight is 481 g/mol. The number of halogens is 5. The molecule has 1 saturated carbocycles. The molecule has 3 aromatic heterocycles. The van der Waals surface area contributed by atoms with Gasteiger partial charge in [0.2, 0.25) is 5.95 Å². The van der Waals surface area contributed by atoms with Crippen LogP contribution in [0, 0.1) is 5.41 Å². The van der Waals surface area contributed by atoms with E-state index in [1.807, 2.05) is 13.8 Å². The molecular weight excluding hydrogens is 457 g/mol. The molecule has 3 aromatic rings. The van der Waals surface area contributed by atoms with Gasteiger partial charge in [-0.15, -0.1) is 5.10 Å². The smallest absolute Gasteiger partial charge is 0.363 e. The van der Waals surface area contributed by atoms with Crippen molar-refractivity contribution in [2.24, 2.45) is 10.4 Å². The third-order valence-corrected chi connectivity index (χ3v) is 5.85. The van der Waals surface area contributed by atoms with Gasteiger partial charge in [-0.25, -0.2) is 23.3 Å². The van der Waals surface area contributed by atoms with Crippen molar-refractivity contribution in [2.75, 3.05) is 23.7 Å². The fraction of sp³-hybridized carbons (Fsp3) is 0.455. The first-order chi connectivity index (χ1) is 16.1. The zero-order valence-corrected chi connectivity index (χ0v) is 18.6. The highest BCUT2D eigenvalue weighted by Gasteiger charge is 2.62. The molecule has 0 atom stereocenters. The van der Waals surface area contributed by atoms with Crippen LogP contribution in [0.2, 0.25) is 0 Å². The molecule has 7 nitrogen and oxygen atoms in total. The summed E-state index contributed by atoms with van der Waals surface area (Å²) < 4.78 is 66.5. The number of nitrogens with zero attached hydrogens (tertiary/aromatic N) is 5. The highest BCUT2D eigenvalue weighted by atomic mass is 19.4. The highest BCUT2D eigenvalue weighted by molar-refractivity contribution is 5.87. The van der Waals surface area contributed by atoms with Gasteiger partial charge in [-0.05, 0) is 44.4 Å². The number of fused-ring (bicyclic) bond motifs is 1. The van der Waals surface area contributed by atoms with Crippen molar-refractivity contribution >= 4 is 28.7 Å². The SMILES string of the molecule is CCC(C)=Nc1ccc(-c2ccn3nc(NCC4(C(F)(F)F)CC4)ncc23)nc1NCC(F)F. The maximum Gasteiger partial charge on any atom is 0.396 e. The normalized spacial score (nSPS) is 15.7. The molecule has 0 radical (unpaired) electrons. The summed E-state index contributed by atoms with van der Waals surface area (Å²) in [6.07, 6.45) is -2.82. The van der Waals surface area contributed by atoms with E-state index >= 15 is 0 Å². The van der Waals surface area contributed by atoms with Crippen LogP contribution in [-0.4, -0.2) is 51.0 Å². The van der Waals surface area contributed by atoms with Gasteiger partial charge in [0.15, 0.2) is 5.82 Å². The van der Waals surface area contributed by atoms with Gasteiger partial charge in [-0.1, -0.05) is 6.92 Å². The van der Waals surface area contributed by atoms with Crippen molar-refractivity contribution in [1.29, 1.82) is 0 Å². The molecule has 1 aliphatic carbocycles. The Morgan fingerprint density at radius 2 is 1.97 bits per heavy atom. The predicted octanol–water partition coefficient (Wildman–Crippen LogP) is 5.73. The summed E-state index contributed by atoms with van der Waals surface area (Å²) in [6.45, 7) is 2.93. The molecule has 0 spiro atoms. The monoisotopic (exact) mass is 481 g/mol. The van der Waals surface area contributed by atoms with E-state index in [4.69, 9.17) is 0 Å². The summed E-state index contributed by atoms with van der Waals surface area (Å²) in [5.74, 6) is 0.309. The second-order valence-corrected chi connectivity index (χ2v) is 8.31. The fourth-order valence-corrected chi connectivity index (χ4v) is 3.44. The minimum absolute atomic E-state index is 0.0807. The number of nitrogens with one attached hydrogen (secondary N) is 2. The Hall–Kier alpha value is -3.31. The number of hydrogen-bond acceptors (Lipinski definition) is 6. The van der Waals surface area contributed by atoms with Gasteiger partial charge in [0.25, 0.3) is 6.43 Å². The molecule has 1 fully saturated rings. The van der Waals surface area contributed by atoms with Crippen LogP contribution in [0.25, 0.3) is 16.8 Å². The van der Waals surface area contributed by atoms with Crippen LogP contribution in [0.4, 0.5) is 39.4 Å². The van der Waals surface area contributed by atoms with Gasteiger partial charge >= 0.3 is 6.18 Å². The number of anilines is 2. The topological polar surface area (TPSA) is 79.5 Å². The van der Waals surface area contributed by atoms with Crippen LogP contribution in [0.5, 0.6) is 0 Å². The van der Waals surface area contributed by atoms with Crippen molar-refractivity contribution in [3.05, 3.63) is 30.6 Å². The Labute approximate surface area is 192 Å². The van der Waals surface area contributed by atoms with Crippen LogP contribution >= 0.6 is 0 Å². The molecule has 12 heteroatoms. The Morgan fingerprint density at radius 3 is 2.62 bits per heavy atom. The summed E-state index contributed by atoms with van der Waals surface area (Å²) in [5.41, 5.74) is 1.27. The quantitative estimate of drug-likeness (QED) is 0.302. The van der Waals surface area contributed by atoms with Gasteiger partial charge < -0.3 is 10.6 Å². The number of hydrogen-bond donors (Lipinski definition) is 2. The average Bonchev–Trinajstić information content (AvgIpc) is 3.49. The number of alkyl halides is 5. The molecule has 0 aliphatic heterocycles. The highest BCUT2D eigenvalue weighted by Crippen LogP contribution is 2.57.